The van der Waals surface area contributed by atoms with E-state index in [-0.39, 0.29) is 5.75 Å². The molecule has 1 aromatic heterocycles. The van der Waals surface area contributed by atoms with E-state index in [4.69, 9.17) is 0 Å². The first kappa shape index (κ1) is 13.8. The highest BCUT2D eigenvalue weighted by Gasteiger charge is 2.01. The first-order valence-corrected chi connectivity index (χ1v) is 8.06. The monoisotopic (exact) mass is 279 g/mol. The second kappa shape index (κ2) is 5.99. The van der Waals surface area contributed by atoms with Crippen LogP contribution in [0.15, 0.2) is 43.0 Å². The molecule has 0 atom stereocenters. The second-order valence-electron chi connectivity index (χ2n) is 4.44. The summed E-state index contributed by atoms with van der Waals surface area (Å²) in [6.07, 6.45) is 6.62. The van der Waals surface area contributed by atoms with Gasteiger partial charge >= 0.3 is 0 Å². The van der Waals surface area contributed by atoms with Crippen LogP contribution in [0.3, 0.4) is 0 Å². The fourth-order valence-electron chi connectivity index (χ4n) is 1.69. The van der Waals surface area contributed by atoms with Gasteiger partial charge in [-0.3, -0.25) is 0 Å². The van der Waals surface area contributed by atoms with E-state index in [1.54, 1.807) is 12.5 Å². The molecule has 6 heteroatoms. The molecule has 1 heterocycles. The maximum absolute atomic E-state index is 11.0. The largest absolute Gasteiger partial charge is 0.312 e. The minimum atomic E-state index is -2.89. The topological polar surface area (TPSA) is 64.0 Å². The fraction of sp³-hybridized carbons (Fsp3) is 0.308. The minimum Gasteiger partial charge on any atom is -0.312 e. The smallest absolute Gasteiger partial charge is 0.148 e. The van der Waals surface area contributed by atoms with E-state index in [1.165, 1.54) is 6.26 Å². The first-order chi connectivity index (χ1) is 9.04. The van der Waals surface area contributed by atoms with Crippen molar-refractivity contribution in [3.05, 3.63) is 48.5 Å². The summed E-state index contributed by atoms with van der Waals surface area (Å²) < 4.78 is 23.9. The lowest BCUT2D eigenvalue weighted by atomic mass is 10.2. The third-order valence-electron chi connectivity index (χ3n) is 2.72. The number of sulfone groups is 1. The Kier molecular flexibility index (Phi) is 4.34. The molecule has 102 valence electrons. The average molecular weight is 279 g/mol. The maximum atomic E-state index is 11.0. The Bertz CT molecular complexity index is 604. The molecule has 19 heavy (non-hydrogen) atoms. The lowest BCUT2D eigenvalue weighted by Crippen LogP contribution is -2.21. The van der Waals surface area contributed by atoms with E-state index in [1.807, 2.05) is 35.0 Å². The van der Waals surface area contributed by atoms with Crippen molar-refractivity contribution < 1.29 is 8.42 Å². The van der Waals surface area contributed by atoms with Crippen LogP contribution in [0.1, 0.15) is 5.56 Å². The van der Waals surface area contributed by atoms with Crippen LogP contribution in [-0.2, 0) is 16.4 Å². The van der Waals surface area contributed by atoms with Crippen molar-refractivity contribution in [3.8, 4) is 5.69 Å². The third-order valence-corrected chi connectivity index (χ3v) is 3.66. The molecule has 0 amide bonds. The highest BCUT2D eigenvalue weighted by molar-refractivity contribution is 7.90. The second-order valence-corrected chi connectivity index (χ2v) is 6.70. The zero-order valence-electron chi connectivity index (χ0n) is 10.8. The number of hydrogen-bond donors (Lipinski definition) is 1. The van der Waals surface area contributed by atoms with E-state index in [0.29, 0.717) is 13.1 Å². The summed E-state index contributed by atoms with van der Waals surface area (Å²) in [5, 5.41) is 3.11. The van der Waals surface area contributed by atoms with E-state index < -0.39 is 9.84 Å². The Hall–Kier alpha value is -1.66. The van der Waals surface area contributed by atoms with Crippen LogP contribution in [0.5, 0.6) is 0 Å². The normalized spacial score (nSPS) is 11.6. The van der Waals surface area contributed by atoms with Gasteiger partial charge < -0.3 is 9.88 Å². The summed E-state index contributed by atoms with van der Waals surface area (Å²) in [6, 6.07) is 8.05. The standard InChI is InChI=1S/C13H17N3O2S/c1-19(17,18)9-7-14-10-12-2-4-13(5-3-12)16-8-6-15-11-16/h2-6,8,11,14H,7,9-10H2,1H3. The van der Waals surface area contributed by atoms with Gasteiger partial charge in [0, 0.05) is 37.4 Å². The number of hydrogen-bond acceptors (Lipinski definition) is 4. The van der Waals surface area contributed by atoms with Gasteiger partial charge in [0.15, 0.2) is 0 Å². The average Bonchev–Trinajstić information content (AvgIpc) is 2.88. The maximum Gasteiger partial charge on any atom is 0.148 e. The predicted molar refractivity (Wildman–Crippen MR) is 75.0 cm³/mol. The van der Waals surface area contributed by atoms with Crippen molar-refractivity contribution in [1.29, 1.82) is 0 Å². The molecule has 0 saturated heterocycles. The summed E-state index contributed by atoms with van der Waals surface area (Å²) in [7, 11) is -2.89. The van der Waals surface area contributed by atoms with Crippen molar-refractivity contribution in [2.75, 3.05) is 18.6 Å². The SMILES string of the molecule is CS(=O)(=O)CCNCc1ccc(-n2ccnc2)cc1. The van der Waals surface area contributed by atoms with Crippen LogP contribution in [0.25, 0.3) is 5.69 Å². The van der Waals surface area contributed by atoms with Crippen LogP contribution in [0.2, 0.25) is 0 Å². The first-order valence-electron chi connectivity index (χ1n) is 6.00. The van der Waals surface area contributed by atoms with Crippen molar-refractivity contribution in [2.45, 2.75) is 6.54 Å². The molecular weight excluding hydrogens is 262 g/mol. The molecule has 5 nitrogen and oxygen atoms in total. The molecule has 0 unspecified atom stereocenters. The predicted octanol–water partition coefficient (Wildman–Crippen LogP) is 1.01. The number of nitrogens with zero attached hydrogens (tertiary/aromatic N) is 2. The Balaban J connectivity index is 1.86. The molecule has 0 saturated carbocycles. The van der Waals surface area contributed by atoms with E-state index in [9.17, 15) is 8.42 Å². The lowest BCUT2D eigenvalue weighted by molar-refractivity contribution is 0.596. The van der Waals surface area contributed by atoms with E-state index in [0.717, 1.165) is 11.3 Å². The lowest BCUT2D eigenvalue weighted by Gasteiger charge is -2.06. The number of aromatic nitrogens is 2. The van der Waals surface area contributed by atoms with Gasteiger partial charge in [-0.15, -0.1) is 0 Å². The fourth-order valence-corrected chi connectivity index (χ4v) is 2.20. The van der Waals surface area contributed by atoms with Crippen LogP contribution in [0, 0.1) is 0 Å². The summed E-state index contributed by atoms with van der Waals surface area (Å²) in [5.74, 6) is 0.167. The summed E-state index contributed by atoms with van der Waals surface area (Å²) >= 11 is 0. The van der Waals surface area contributed by atoms with E-state index >= 15 is 0 Å². The van der Waals surface area contributed by atoms with Crippen molar-refractivity contribution >= 4 is 9.84 Å². The minimum absolute atomic E-state index is 0.167. The Morgan fingerprint density at radius 2 is 2.00 bits per heavy atom. The van der Waals surface area contributed by atoms with Crippen LogP contribution < -0.4 is 5.32 Å². The number of nitrogens with one attached hydrogen (secondary N) is 1. The Morgan fingerprint density at radius 1 is 1.26 bits per heavy atom. The molecule has 2 aromatic rings. The molecular formula is C13H17N3O2S. The molecule has 0 radical (unpaired) electrons. The van der Waals surface area contributed by atoms with Crippen molar-refractivity contribution in [1.82, 2.24) is 14.9 Å². The number of imidazole rings is 1. The van der Waals surface area contributed by atoms with Gasteiger partial charge in [-0.25, -0.2) is 13.4 Å². The summed E-state index contributed by atoms with van der Waals surface area (Å²) in [4.78, 5) is 4.00. The van der Waals surface area contributed by atoms with Crippen LogP contribution in [0.4, 0.5) is 0 Å². The summed E-state index contributed by atoms with van der Waals surface area (Å²) in [6.45, 7) is 1.14. The van der Waals surface area contributed by atoms with Crippen LogP contribution in [-0.4, -0.2) is 36.5 Å². The zero-order chi connectivity index (χ0) is 13.7. The Labute approximate surface area is 113 Å². The van der Waals surface area contributed by atoms with Gasteiger partial charge in [-0.05, 0) is 17.7 Å². The number of rotatable bonds is 6. The van der Waals surface area contributed by atoms with Gasteiger partial charge in [0.25, 0.3) is 0 Å². The Morgan fingerprint density at radius 3 is 2.58 bits per heavy atom. The van der Waals surface area contributed by atoms with Gasteiger partial charge in [0.05, 0.1) is 12.1 Å². The zero-order valence-corrected chi connectivity index (χ0v) is 11.6. The quantitative estimate of drug-likeness (QED) is 0.801. The molecule has 0 spiro atoms. The molecule has 0 bridgehead atoms. The van der Waals surface area contributed by atoms with E-state index in [2.05, 4.69) is 10.3 Å². The van der Waals surface area contributed by atoms with Gasteiger partial charge in [0.1, 0.15) is 9.84 Å². The van der Waals surface area contributed by atoms with Crippen molar-refractivity contribution in [2.24, 2.45) is 0 Å². The molecule has 1 N–H and O–H groups in total. The molecule has 0 aliphatic rings. The van der Waals surface area contributed by atoms with Gasteiger partial charge in [-0.1, -0.05) is 12.1 Å². The third kappa shape index (κ3) is 4.50. The highest BCUT2D eigenvalue weighted by atomic mass is 32.2. The molecule has 0 aliphatic heterocycles. The molecule has 1 aromatic carbocycles. The van der Waals surface area contributed by atoms with Gasteiger partial charge in [-0.2, -0.15) is 0 Å². The molecule has 0 aliphatic carbocycles. The highest BCUT2D eigenvalue weighted by Crippen LogP contribution is 2.08. The molecule has 2 rings (SSSR count). The van der Waals surface area contributed by atoms with Crippen molar-refractivity contribution in [3.63, 3.8) is 0 Å². The number of benzene rings is 1. The summed E-state index contributed by atoms with van der Waals surface area (Å²) in [5.41, 5.74) is 2.18. The molecule has 0 fully saturated rings. The van der Waals surface area contributed by atoms with Crippen LogP contribution >= 0.6 is 0 Å². The van der Waals surface area contributed by atoms with Gasteiger partial charge in [0.2, 0.25) is 0 Å².